The van der Waals surface area contributed by atoms with E-state index in [1.165, 1.54) is 0 Å². The first-order valence-electron chi connectivity index (χ1n) is 7.47. The van der Waals surface area contributed by atoms with Crippen LogP contribution in [-0.2, 0) is 4.79 Å². The zero-order valence-electron chi connectivity index (χ0n) is 12.9. The van der Waals surface area contributed by atoms with Gasteiger partial charge in [0, 0.05) is 31.7 Å². The molecule has 0 aromatic heterocycles. The van der Waals surface area contributed by atoms with Gasteiger partial charge in [-0.25, -0.2) is 4.79 Å². The van der Waals surface area contributed by atoms with Crippen LogP contribution in [0.3, 0.4) is 0 Å². The summed E-state index contributed by atoms with van der Waals surface area (Å²) in [7, 11) is 0. The van der Waals surface area contributed by atoms with Crippen molar-refractivity contribution in [3.8, 4) is 0 Å². The van der Waals surface area contributed by atoms with Gasteiger partial charge in [-0.2, -0.15) is 0 Å². The van der Waals surface area contributed by atoms with Crippen molar-refractivity contribution in [3.05, 3.63) is 29.8 Å². The number of carbonyl (C=O) groups excluding carboxylic acids is 2. The highest BCUT2D eigenvalue weighted by atomic mass is 16.2. The highest BCUT2D eigenvalue weighted by Crippen LogP contribution is 2.22. The Morgan fingerprint density at radius 3 is 2.48 bits per heavy atom. The van der Waals surface area contributed by atoms with Gasteiger partial charge >= 0.3 is 6.03 Å². The predicted molar refractivity (Wildman–Crippen MR) is 83.4 cm³/mol. The first-order valence-corrected chi connectivity index (χ1v) is 7.47. The number of hydrogen-bond donors (Lipinski definition) is 1. The summed E-state index contributed by atoms with van der Waals surface area (Å²) in [5.41, 5.74) is 2.06. The lowest BCUT2D eigenvalue weighted by Crippen LogP contribution is -2.45. The van der Waals surface area contributed by atoms with Crippen molar-refractivity contribution < 1.29 is 9.59 Å². The van der Waals surface area contributed by atoms with E-state index in [4.69, 9.17) is 0 Å². The van der Waals surface area contributed by atoms with E-state index in [0.717, 1.165) is 11.3 Å². The Kier molecular flexibility index (Phi) is 4.83. The van der Waals surface area contributed by atoms with Gasteiger partial charge in [-0.3, -0.25) is 4.79 Å². The minimum atomic E-state index is -0.119. The fourth-order valence-corrected chi connectivity index (χ4v) is 2.56. The van der Waals surface area contributed by atoms with E-state index in [2.05, 4.69) is 5.32 Å². The molecule has 1 aromatic carbocycles. The highest BCUT2D eigenvalue weighted by Gasteiger charge is 2.32. The topological polar surface area (TPSA) is 52.7 Å². The van der Waals surface area contributed by atoms with Gasteiger partial charge in [0.2, 0.25) is 5.91 Å². The number of rotatable bonds is 4. The van der Waals surface area contributed by atoms with Crippen molar-refractivity contribution >= 4 is 17.6 Å². The zero-order valence-corrected chi connectivity index (χ0v) is 12.9. The van der Waals surface area contributed by atoms with Gasteiger partial charge in [0.15, 0.2) is 0 Å². The Labute approximate surface area is 125 Å². The molecule has 1 fully saturated rings. The second-order valence-corrected chi connectivity index (χ2v) is 5.36. The number of benzene rings is 1. The van der Waals surface area contributed by atoms with Gasteiger partial charge in [-0.05, 0) is 32.9 Å². The van der Waals surface area contributed by atoms with E-state index >= 15 is 0 Å². The number of hydrogen-bond acceptors (Lipinski definition) is 2. The van der Waals surface area contributed by atoms with E-state index in [9.17, 15) is 9.59 Å². The van der Waals surface area contributed by atoms with Crippen molar-refractivity contribution in [2.24, 2.45) is 0 Å². The second-order valence-electron chi connectivity index (χ2n) is 5.36. The molecule has 1 N–H and O–H groups in total. The summed E-state index contributed by atoms with van der Waals surface area (Å²) in [5.74, 6) is 0.0590. The van der Waals surface area contributed by atoms with E-state index < -0.39 is 0 Å². The van der Waals surface area contributed by atoms with Gasteiger partial charge < -0.3 is 15.1 Å². The summed E-state index contributed by atoms with van der Waals surface area (Å²) >= 11 is 0. The zero-order chi connectivity index (χ0) is 15.4. The first-order chi connectivity index (χ1) is 10.0. The van der Waals surface area contributed by atoms with Crippen LogP contribution in [0.2, 0.25) is 0 Å². The molecular formula is C16H23N3O2. The van der Waals surface area contributed by atoms with E-state index in [1.807, 2.05) is 45.0 Å². The molecule has 1 unspecified atom stereocenters. The molecule has 114 valence electrons. The number of nitrogens with one attached hydrogen (secondary N) is 1. The summed E-state index contributed by atoms with van der Waals surface area (Å²) in [5, 5.41) is 2.95. The minimum absolute atomic E-state index is 0.0590. The van der Waals surface area contributed by atoms with Crippen LogP contribution < -0.4 is 10.2 Å². The number of nitrogens with zero attached hydrogens (tertiary/aromatic N) is 2. The molecule has 1 aliphatic heterocycles. The van der Waals surface area contributed by atoms with Crippen LogP contribution in [0.4, 0.5) is 10.5 Å². The minimum Gasteiger partial charge on any atom is -0.333 e. The smallest absolute Gasteiger partial charge is 0.317 e. The number of urea groups is 1. The summed E-state index contributed by atoms with van der Waals surface area (Å²) in [6.07, 6.45) is 0.362. The van der Waals surface area contributed by atoms with Crippen LogP contribution in [-0.4, -0.2) is 42.5 Å². The lowest BCUT2D eigenvalue weighted by molar-refractivity contribution is -0.117. The Morgan fingerprint density at radius 2 is 1.90 bits per heavy atom. The predicted octanol–water partition coefficient (Wildman–Crippen LogP) is 2.15. The summed E-state index contributed by atoms with van der Waals surface area (Å²) in [6, 6.07) is 7.66. The van der Waals surface area contributed by atoms with Gasteiger partial charge in [-0.1, -0.05) is 17.7 Å². The van der Waals surface area contributed by atoms with Crippen LogP contribution in [0.25, 0.3) is 0 Å². The maximum atomic E-state index is 12.1. The molecule has 0 spiro atoms. The molecule has 2 rings (SSSR count). The van der Waals surface area contributed by atoms with Crippen LogP contribution in [0.15, 0.2) is 24.3 Å². The summed E-state index contributed by atoms with van der Waals surface area (Å²) < 4.78 is 0. The lowest BCUT2D eigenvalue weighted by Gasteiger charge is -2.22. The number of carbonyl (C=O) groups is 2. The maximum absolute atomic E-state index is 12.1. The van der Waals surface area contributed by atoms with E-state index in [1.54, 1.807) is 9.80 Å². The molecular weight excluding hydrogens is 266 g/mol. The molecule has 0 radical (unpaired) electrons. The Hall–Kier alpha value is -2.04. The van der Waals surface area contributed by atoms with Crippen LogP contribution >= 0.6 is 0 Å². The van der Waals surface area contributed by atoms with Crippen molar-refractivity contribution in [1.82, 2.24) is 10.2 Å². The van der Waals surface area contributed by atoms with Gasteiger partial charge in [0.25, 0.3) is 0 Å². The quantitative estimate of drug-likeness (QED) is 0.923. The van der Waals surface area contributed by atoms with Crippen LogP contribution in [0, 0.1) is 6.92 Å². The third-order valence-corrected chi connectivity index (χ3v) is 3.85. The fraction of sp³-hybridized carbons (Fsp3) is 0.500. The molecule has 0 bridgehead atoms. The summed E-state index contributed by atoms with van der Waals surface area (Å²) in [6.45, 7) is 7.79. The SMILES string of the molecule is CCN(CC)C(=O)NC1CC(=O)N(c2ccc(C)cc2)C1. The monoisotopic (exact) mass is 289 g/mol. The summed E-state index contributed by atoms with van der Waals surface area (Å²) in [4.78, 5) is 27.6. The Balaban J connectivity index is 1.99. The molecule has 1 aliphatic rings. The van der Waals surface area contributed by atoms with Crippen molar-refractivity contribution in [1.29, 1.82) is 0 Å². The van der Waals surface area contributed by atoms with Crippen molar-refractivity contribution in [2.75, 3.05) is 24.5 Å². The molecule has 1 aromatic rings. The normalized spacial score (nSPS) is 18.0. The fourth-order valence-electron chi connectivity index (χ4n) is 2.56. The Morgan fingerprint density at radius 1 is 1.29 bits per heavy atom. The van der Waals surface area contributed by atoms with Gasteiger partial charge in [0.1, 0.15) is 0 Å². The molecule has 0 saturated carbocycles. The van der Waals surface area contributed by atoms with E-state index in [0.29, 0.717) is 26.1 Å². The maximum Gasteiger partial charge on any atom is 0.317 e. The molecule has 0 aliphatic carbocycles. The first kappa shape index (κ1) is 15.4. The third-order valence-electron chi connectivity index (χ3n) is 3.85. The number of anilines is 1. The molecule has 5 heteroatoms. The largest absolute Gasteiger partial charge is 0.333 e. The van der Waals surface area contributed by atoms with E-state index in [-0.39, 0.29) is 18.0 Å². The number of aryl methyl sites for hydroxylation is 1. The average molecular weight is 289 g/mol. The van der Waals surface area contributed by atoms with Crippen LogP contribution in [0.5, 0.6) is 0 Å². The third kappa shape index (κ3) is 3.54. The molecule has 5 nitrogen and oxygen atoms in total. The van der Waals surface area contributed by atoms with Crippen LogP contribution in [0.1, 0.15) is 25.8 Å². The standard InChI is InChI=1S/C16H23N3O2/c1-4-18(5-2)16(21)17-13-10-15(20)19(11-13)14-8-6-12(3)7-9-14/h6-9,13H,4-5,10-11H2,1-3H3,(H,17,21). The van der Waals surface area contributed by atoms with Gasteiger partial charge in [0.05, 0.1) is 6.04 Å². The second kappa shape index (κ2) is 6.61. The highest BCUT2D eigenvalue weighted by molar-refractivity contribution is 5.96. The van der Waals surface area contributed by atoms with Crippen molar-refractivity contribution in [3.63, 3.8) is 0 Å². The number of amides is 3. The molecule has 3 amide bonds. The van der Waals surface area contributed by atoms with Gasteiger partial charge in [-0.15, -0.1) is 0 Å². The molecule has 21 heavy (non-hydrogen) atoms. The average Bonchev–Trinajstić information content (AvgIpc) is 2.81. The molecule has 1 saturated heterocycles. The Bertz CT molecular complexity index is 509. The molecule has 1 atom stereocenters. The lowest BCUT2D eigenvalue weighted by atomic mass is 10.2. The molecule has 1 heterocycles. The van der Waals surface area contributed by atoms with Crippen molar-refractivity contribution in [2.45, 2.75) is 33.2 Å².